The molecule has 0 amide bonds. The van der Waals surface area contributed by atoms with Gasteiger partial charge >= 0.3 is 0 Å². The fourth-order valence-electron chi connectivity index (χ4n) is 2.14. The van der Waals surface area contributed by atoms with Crippen LogP contribution in [0.25, 0.3) is 11.0 Å². The number of methoxy groups -OCH3 is 1. The van der Waals surface area contributed by atoms with Gasteiger partial charge in [0.15, 0.2) is 5.82 Å². The Morgan fingerprint density at radius 3 is 2.90 bits per heavy atom. The molecule has 0 unspecified atom stereocenters. The molecule has 0 aliphatic heterocycles. The Balaban J connectivity index is 2.18. The normalized spacial score (nSPS) is 11.7. The zero-order valence-electron chi connectivity index (χ0n) is 11.8. The van der Waals surface area contributed by atoms with Crippen LogP contribution in [-0.2, 0) is 17.2 Å². The quantitative estimate of drug-likeness (QED) is 0.736. The molecule has 0 aliphatic rings. The minimum Gasteiger partial charge on any atom is -0.383 e. The molecule has 2 aromatic rings. The van der Waals surface area contributed by atoms with Crippen molar-refractivity contribution in [2.24, 2.45) is 0 Å². The van der Waals surface area contributed by atoms with Crippen LogP contribution >= 0.6 is 11.6 Å². The topological polar surface area (TPSA) is 30.3 Å². The Morgan fingerprint density at radius 1 is 1.40 bits per heavy atom. The van der Waals surface area contributed by atoms with E-state index in [9.17, 15) is 4.39 Å². The highest BCUT2D eigenvalue weighted by Gasteiger charge is 2.13. The Hall–Kier alpha value is -1.17. The van der Waals surface area contributed by atoms with Crippen LogP contribution in [-0.4, -0.2) is 48.3 Å². The van der Waals surface area contributed by atoms with Crippen molar-refractivity contribution in [3.05, 3.63) is 29.8 Å². The van der Waals surface area contributed by atoms with E-state index in [-0.39, 0.29) is 11.7 Å². The highest BCUT2D eigenvalue weighted by atomic mass is 35.5. The second-order valence-electron chi connectivity index (χ2n) is 4.72. The molecule has 0 saturated carbocycles. The molecule has 0 spiro atoms. The monoisotopic (exact) mass is 299 g/mol. The number of aromatic nitrogens is 2. The Morgan fingerprint density at radius 2 is 2.20 bits per heavy atom. The summed E-state index contributed by atoms with van der Waals surface area (Å²) in [6.45, 7) is 3.10. The minimum atomic E-state index is -0.305. The van der Waals surface area contributed by atoms with E-state index in [1.165, 1.54) is 6.07 Å². The molecule has 0 bridgehead atoms. The van der Waals surface area contributed by atoms with E-state index in [2.05, 4.69) is 9.88 Å². The fraction of sp³-hybridized carbons (Fsp3) is 0.500. The van der Waals surface area contributed by atoms with Gasteiger partial charge in [-0.1, -0.05) is 6.07 Å². The van der Waals surface area contributed by atoms with Crippen molar-refractivity contribution >= 4 is 22.6 Å². The summed E-state index contributed by atoms with van der Waals surface area (Å²) >= 11 is 5.92. The number of rotatable bonds is 7. The van der Waals surface area contributed by atoms with Crippen molar-refractivity contribution in [1.29, 1.82) is 0 Å². The van der Waals surface area contributed by atoms with E-state index in [1.54, 1.807) is 13.2 Å². The number of likely N-dealkylation sites (N-methyl/N-ethyl adjacent to an activating group) is 1. The number of halogens is 2. The van der Waals surface area contributed by atoms with Gasteiger partial charge in [0.25, 0.3) is 0 Å². The molecule has 20 heavy (non-hydrogen) atoms. The highest BCUT2D eigenvalue weighted by molar-refractivity contribution is 6.16. The Labute approximate surface area is 123 Å². The van der Waals surface area contributed by atoms with E-state index in [0.29, 0.717) is 17.9 Å². The zero-order valence-corrected chi connectivity index (χ0v) is 12.5. The number of para-hydroxylation sites is 1. The molecule has 110 valence electrons. The van der Waals surface area contributed by atoms with Crippen LogP contribution in [0, 0.1) is 5.82 Å². The van der Waals surface area contributed by atoms with Gasteiger partial charge in [-0.3, -0.25) is 0 Å². The lowest BCUT2D eigenvalue weighted by Gasteiger charge is -2.17. The van der Waals surface area contributed by atoms with Gasteiger partial charge in [-0.15, -0.1) is 11.6 Å². The lowest BCUT2D eigenvalue weighted by Crippen LogP contribution is -2.27. The molecule has 0 aliphatic carbocycles. The van der Waals surface area contributed by atoms with Crippen LogP contribution < -0.4 is 0 Å². The third-order valence-electron chi connectivity index (χ3n) is 3.31. The number of alkyl halides is 1. The molecule has 1 aromatic carbocycles. The van der Waals surface area contributed by atoms with Gasteiger partial charge in [0.1, 0.15) is 11.3 Å². The molecule has 4 nitrogen and oxygen atoms in total. The summed E-state index contributed by atoms with van der Waals surface area (Å²) in [4.78, 5) is 6.44. The number of benzene rings is 1. The van der Waals surface area contributed by atoms with Gasteiger partial charge in [0.05, 0.1) is 18.0 Å². The minimum absolute atomic E-state index is 0.274. The summed E-state index contributed by atoms with van der Waals surface area (Å²) in [7, 11) is 3.71. The second kappa shape index (κ2) is 7.02. The first kappa shape index (κ1) is 15.2. The van der Waals surface area contributed by atoms with Crippen LogP contribution in [0.3, 0.4) is 0 Å². The third-order valence-corrected chi connectivity index (χ3v) is 3.55. The maximum atomic E-state index is 13.7. The van der Waals surface area contributed by atoms with Crippen molar-refractivity contribution in [3.8, 4) is 0 Å². The first-order valence-electron chi connectivity index (χ1n) is 6.54. The molecule has 1 aromatic heterocycles. The number of fused-ring (bicyclic) bond motifs is 1. The number of imidazole rings is 1. The number of ether oxygens (including phenoxy) is 1. The standard InChI is InChI=1S/C14H19ClFN3O/c1-18(8-9-20-2)6-7-19-12-5-3-4-11(16)14(12)17-13(19)10-15/h3-5H,6-10H2,1-2H3. The fourth-order valence-corrected chi connectivity index (χ4v) is 2.35. The van der Waals surface area contributed by atoms with Crippen LogP contribution in [0.4, 0.5) is 4.39 Å². The smallest absolute Gasteiger partial charge is 0.151 e. The predicted octanol–water partition coefficient (Wildman–Crippen LogP) is 2.49. The van der Waals surface area contributed by atoms with Gasteiger partial charge in [-0.05, 0) is 19.2 Å². The first-order valence-corrected chi connectivity index (χ1v) is 7.08. The lowest BCUT2D eigenvalue weighted by molar-refractivity contribution is 0.159. The average Bonchev–Trinajstić information content (AvgIpc) is 2.82. The van der Waals surface area contributed by atoms with Crippen molar-refractivity contribution in [1.82, 2.24) is 14.5 Å². The summed E-state index contributed by atoms with van der Waals surface area (Å²) in [6, 6.07) is 4.99. The van der Waals surface area contributed by atoms with Crippen LogP contribution in [0.2, 0.25) is 0 Å². The average molecular weight is 300 g/mol. The van der Waals surface area contributed by atoms with Crippen molar-refractivity contribution < 1.29 is 9.13 Å². The van der Waals surface area contributed by atoms with E-state index >= 15 is 0 Å². The largest absolute Gasteiger partial charge is 0.383 e. The SMILES string of the molecule is COCCN(C)CCn1c(CCl)nc2c(F)cccc21. The summed E-state index contributed by atoms with van der Waals surface area (Å²) in [6.07, 6.45) is 0. The van der Waals surface area contributed by atoms with Gasteiger partial charge in [0.2, 0.25) is 0 Å². The molecule has 0 fully saturated rings. The Kier molecular flexibility index (Phi) is 5.34. The number of hydrogen-bond donors (Lipinski definition) is 0. The van der Waals surface area contributed by atoms with E-state index < -0.39 is 0 Å². The number of nitrogens with zero attached hydrogens (tertiary/aromatic N) is 3. The van der Waals surface area contributed by atoms with Crippen LogP contribution in [0.5, 0.6) is 0 Å². The number of hydrogen-bond acceptors (Lipinski definition) is 3. The molecule has 0 radical (unpaired) electrons. The second-order valence-corrected chi connectivity index (χ2v) is 4.98. The molecular formula is C14H19ClFN3O. The van der Waals surface area contributed by atoms with Crippen molar-refractivity contribution in [3.63, 3.8) is 0 Å². The molecule has 6 heteroatoms. The van der Waals surface area contributed by atoms with Crippen LogP contribution in [0.1, 0.15) is 5.82 Å². The zero-order chi connectivity index (χ0) is 14.5. The van der Waals surface area contributed by atoms with Crippen LogP contribution in [0.15, 0.2) is 18.2 Å². The summed E-state index contributed by atoms with van der Waals surface area (Å²) in [5.41, 5.74) is 1.18. The molecule has 0 N–H and O–H groups in total. The summed E-state index contributed by atoms with van der Waals surface area (Å²) in [5, 5.41) is 0. The summed E-state index contributed by atoms with van der Waals surface area (Å²) < 4.78 is 20.8. The first-order chi connectivity index (χ1) is 9.67. The molecular weight excluding hydrogens is 281 g/mol. The van der Waals surface area contributed by atoms with Gasteiger partial charge in [0, 0.05) is 26.7 Å². The maximum Gasteiger partial charge on any atom is 0.151 e. The molecule has 2 rings (SSSR count). The van der Waals surface area contributed by atoms with E-state index in [0.717, 1.165) is 25.2 Å². The van der Waals surface area contributed by atoms with Crippen molar-refractivity contribution in [2.45, 2.75) is 12.4 Å². The summed E-state index contributed by atoms with van der Waals surface area (Å²) in [5.74, 6) is 0.669. The molecule has 1 heterocycles. The highest BCUT2D eigenvalue weighted by Crippen LogP contribution is 2.20. The van der Waals surface area contributed by atoms with E-state index in [4.69, 9.17) is 16.3 Å². The molecule has 0 atom stereocenters. The van der Waals surface area contributed by atoms with Gasteiger partial charge in [-0.2, -0.15) is 0 Å². The van der Waals surface area contributed by atoms with Gasteiger partial charge in [-0.25, -0.2) is 9.37 Å². The lowest BCUT2D eigenvalue weighted by atomic mass is 10.3. The maximum absolute atomic E-state index is 13.7. The van der Waals surface area contributed by atoms with Crippen molar-refractivity contribution in [2.75, 3.05) is 33.9 Å². The predicted molar refractivity (Wildman–Crippen MR) is 78.6 cm³/mol. The van der Waals surface area contributed by atoms with E-state index in [1.807, 2.05) is 17.7 Å². The molecule has 0 saturated heterocycles. The van der Waals surface area contributed by atoms with Gasteiger partial charge < -0.3 is 14.2 Å². The third kappa shape index (κ3) is 3.29. The Bertz CT molecular complexity index is 573.